The third-order valence-corrected chi connectivity index (χ3v) is 5.45. The molecule has 1 atom stereocenters. The van der Waals surface area contributed by atoms with Crippen molar-refractivity contribution in [3.05, 3.63) is 48.0 Å². The number of carbonyl (C=O) groups is 2. The van der Waals surface area contributed by atoms with Crippen LogP contribution in [0.25, 0.3) is 0 Å². The third kappa shape index (κ3) is 4.42. The maximum atomic E-state index is 12.7. The predicted octanol–water partition coefficient (Wildman–Crippen LogP) is 3.21. The number of anilines is 1. The van der Waals surface area contributed by atoms with Crippen LogP contribution in [0.2, 0.25) is 0 Å². The molecule has 0 aliphatic carbocycles. The van der Waals surface area contributed by atoms with Crippen LogP contribution >= 0.6 is 11.8 Å². The highest BCUT2D eigenvalue weighted by molar-refractivity contribution is 7.98. The van der Waals surface area contributed by atoms with Gasteiger partial charge in [0.05, 0.1) is 20.6 Å². The lowest BCUT2D eigenvalue weighted by Crippen LogP contribution is -2.36. The van der Waals surface area contributed by atoms with E-state index in [2.05, 4.69) is 5.32 Å². The summed E-state index contributed by atoms with van der Waals surface area (Å²) in [5, 5.41) is 3.20. The van der Waals surface area contributed by atoms with Gasteiger partial charge >= 0.3 is 0 Å². The summed E-state index contributed by atoms with van der Waals surface area (Å²) in [4.78, 5) is 27.5. The van der Waals surface area contributed by atoms with Gasteiger partial charge in [-0.15, -0.1) is 11.8 Å². The number of imide groups is 1. The second-order valence-corrected chi connectivity index (χ2v) is 7.34. The van der Waals surface area contributed by atoms with Gasteiger partial charge in [0.2, 0.25) is 5.91 Å². The van der Waals surface area contributed by atoms with Gasteiger partial charge in [0.25, 0.3) is 5.91 Å². The lowest BCUT2D eigenvalue weighted by Gasteiger charge is -2.17. The van der Waals surface area contributed by atoms with E-state index in [-0.39, 0.29) is 18.2 Å². The minimum absolute atomic E-state index is 0.149. The number of carbonyl (C=O) groups excluding carboxylic acids is 2. The second-order valence-electron chi connectivity index (χ2n) is 6.46. The SMILES string of the molecule is COc1ccc(CCN2C(=O)C[C@@H](Nc3cccc(SC)c3)C2=O)cc1OC. The van der Waals surface area contributed by atoms with Gasteiger partial charge in [-0.25, -0.2) is 0 Å². The molecule has 1 aliphatic rings. The summed E-state index contributed by atoms with van der Waals surface area (Å²) in [6.07, 6.45) is 2.74. The molecule has 2 amide bonds. The minimum Gasteiger partial charge on any atom is -0.493 e. The number of amides is 2. The number of benzene rings is 2. The first-order chi connectivity index (χ1) is 13.5. The van der Waals surface area contributed by atoms with Crippen molar-refractivity contribution in [2.75, 3.05) is 32.3 Å². The molecule has 2 aromatic rings. The van der Waals surface area contributed by atoms with E-state index in [0.717, 1.165) is 16.1 Å². The highest BCUT2D eigenvalue weighted by Gasteiger charge is 2.38. The quantitative estimate of drug-likeness (QED) is 0.542. The highest BCUT2D eigenvalue weighted by Crippen LogP contribution is 2.28. The molecular formula is C21H24N2O4S. The van der Waals surface area contributed by atoms with Gasteiger partial charge in [0.1, 0.15) is 6.04 Å². The summed E-state index contributed by atoms with van der Waals surface area (Å²) >= 11 is 1.63. The summed E-state index contributed by atoms with van der Waals surface area (Å²) in [5.74, 6) is 0.952. The molecule has 1 aliphatic heterocycles. The van der Waals surface area contributed by atoms with Crippen molar-refractivity contribution in [2.24, 2.45) is 0 Å². The van der Waals surface area contributed by atoms with E-state index in [1.807, 2.05) is 48.7 Å². The summed E-state index contributed by atoms with van der Waals surface area (Å²) in [7, 11) is 3.17. The molecule has 3 rings (SSSR count). The molecule has 0 radical (unpaired) electrons. The Kier molecular flexibility index (Phi) is 6.46. The number of hydrogen-bond donors (Lipinski definition) is 1. The molecule has 7 heteroatoms. The van der Waals surface area contributed by atoms with Gasteiger partial charge in [-0.1, -0.05) is 12.1 Å². The van der Waals surface area contributed by atoms with Gasteiger partial charge in [0.15, 0.2) is 11.5 Å². The maximum absolute atomic E-state index is 12.7. The van der Waals surface area contributed by atoms with Crippen molar-refractivity contribution >= 4 is 29.3 Å². The van der Waals surface area contributed by atoms with E-state index >= 15 is 0 Å². The number of likely N-dealkylation sites (tertiary alicyclic amines) is 1. The fourth-order valence-corrected chi connectivity index (χ4v) is 3.68. The first-order valence-electron chi connectivity index (χ1n) is 9.01. The van der Waals surface area contributed by atoms with Crippen molar-refractivity contribution in [1.82, 2.24) is 4.90 Å². The fourth-order valence-electron chi connectivity index (χ4n) is 3.22. The Labute approximate surface area is 169 Å². The summed E-state index contributed by atoms with van der Waals surface area (Å²) in [6.45, 7) is 0.343. The molecule has 1 N–H and O–H groups in total. The van der Waals surface area contributed by atoms with E-state index in [4.69, 9.17) is 9.47 Å². The molecule has 2 aromatic carbocycles. The van der Waals surface area contributed by atoms with Gasteiger partial charge in [-0.3, -0.25) is 14.5 Å². The lowest BCUT2D eigenvalue weighted by atomic mass is 10.1. The number of thioether (sulfide) groups is 1. The molecule has 1 saturated heterocycles. The van der Waals surface area contributed by atoms with E-state index < -0.39 is 6.04 Å². The number of hydrogen-bond acceptors (Lipinski definition) is 6. The zero-order valence-electron chi connectivity index (χ0n) is 16.2. The van der Waals surface area contributed by atoms with E-state index in [1.54, 1.807) is 26.0 Å². The van der Waals surface area contributed by atoms with Crippen LogP contribution in [0.5, 0.6) is 11.5 Å². The lowest BCUT2D eigenvalue weighted by molar-refractivity contribution is -0.138. The molecule has 148 valence electrons. The highest BCUT2D eigenvalue weighted by atomic mass is 32.2. The molecule has 0 saturated carbocycles. The van der Waals surface area contributed by atoms with Crippen LogP contribution in [0.4, 0.5) is 5.69 Å². The van der Waals surface area contributed by atoms with Crippen LogP contribution in [0.1, 0.15) is 12.0 Å². The molecule has 1 fully saturated rings. The molecule has 0 aromatic heterocycles. The van der Waals surface area contributed by atoms with Crippen molar-refractivity contribution < 1.29 is 19.1 Å². The zero-order valence-corrected chi connectivity index (χ0v) is 17.0. The second kappa shape index (κ2) is 9.01. The van der Waals surface area contributed by atoms with Crippen LogP contribution in [0, 0.1) is 0 Å². The first kappa shape index (κ1) is 20.1. The van der Waals surface area contributed by atoms with Crippen LogP contribution in [0.3, 0.4) is 0 Å². The Balaban J connectivity index is 1.63. The Morgan fingerprint density at radius 2 is 1.89 bits per heavy atom. The number of ether oxygens (including phenoxy) is 2. The van der Waals surface area contributed by atoms with Crippen molar-refractivity contribution in [2.45, 2.75) is 23.8 Å². The molecule has 28 heavy (non-hydrogen) atoms. The van der Waals surface area contributed by atoms with E-state index in [1.165, 1.54) is 4.90 Å². The van der Waals surface area contributed by atoms with Crippen molar-refractivity contribution in [3.63, 3.8) is 0 Å². The topological polar surface area (TPSA) is 67.9 Å². The Hall–Kier alpha value is -2.67. The Morgan fingerprint density at radius 3 is 2.61 bits per heavy atom. The van der Waals surface area contributed by atoms with E-state index in [9.17, 15) is 9.59 Å². The summed E-state index contributed by atoms with van der Waals surface area (Å²) in [6, 6.07) is 12.9. The van der Waals surface area contributed by atoms with Gasteiger partial charge in [-0.05, 0) is 48.6 Å². The largest absolute Gasteiger partial charge is 0.493 e. The Bertz CT molecular complexity index is 871. The third-order valence-electron chi connectivity index (χ3n) is 4.73. The first-order valence-corrected chi connectivity index (χ1v) is 10.2. The average Bonchev–Trinajstić information content (AvgIpc) is 2.98. The molecule has 6 nitrogen and oxygen atoms in total. The van der Waals surface area contributed by atoms with Crippen LogP contribution < -0.4 is 14.8 Å². The summed E-state index contributed by atoms with van der Waals surface area (Å²) in [5.41, 5.74) is 1.82. The molecule has 0 bridgehead atoms. The van der Waals surface area contributed by atoms with Crippen LogP contribution in [-0.2, 0) is 16.0 Å². The van der Waals surface area contributed by atoms with E-state index in [0.29, 0.717) is 24.5 Å². The van der Waals surface area contributed by atoms with Gasteiger partial charge < -0.3 is 14.8 Å². The number of methoxy groups -OCH3 is 2. The van der Waals surface area contributed by atoms with Crippen molar-refractivity contribution in [3.8, 4) is 11.5 Å². The summed E-state index contributed by atoms with van der Waals surface area (Å²) < 4.78 is 10.5. The van der Waals surface area contributed by atoms with Crippen LogP contribution in [0.15, 0.2) is 47.4 Å². The number of nitrogens with zero attached hydrogens (tertiary/aromatic N) is 1. The smallest absolute Gasteiger partial charge is 0.252 e. The molecule has 0 spiro atoms. The zero-order chi connectivity index (χ0) is 20.1. The Morgan fingerprint density at radius 1 is 1.11 bits per heavy atom. The maximum Gasteiger partial charge on any atom is 0.252 e. The predicted molar refractivity (Wildman–Crippen MR) is 110 cm³/mol. The van der Waals surface area contributed by atoms with Gasteiger partial charge in [0, 0.05) is 17.1 Å². The molecule has 1 heterocycles. The number of nitrogens with one attached hydrogen (secondary N) is 1. The molecule has 0 unspecified atom stereocenters. The molecular weight excluding hydrogens is 376 g/mol. The van der Waals surface area contributed by atoms with Crippen LogP contribution in [-0.4, -0.2) is 49.8 Å². The average molecular weight is 401 g/mol. The fraction of sp³-hybridized carbons (Fsp3) is 0.333. The van der Waals surface area contributed by atoms with Crippen molar-refractivity contribution in [1.29, 1.82) is 0 Å². The van der Waals surface area contributed by atoms with Gasteiger partial charge in [-0.2, -0.15) is 0 Å². The normalized spacial score (nSPS) is 16.4. The monoisotopic (exact) mass is 400 g/mol. The minimum atomic E-state index is -0.519. The standard InChI is InChI=1S/C21H24N2O4S/c1-26-18-8-7-14(11-19(18)27-2)9-10-23-20(24)13-17(21(23)25)22-15-5-4-6-16(12-15)28-3/h4-8,11-12,17,22H,9-10,13H2,1-3H3/t17-/m1/s1. The number of rotatable bonds is 8.